The van der Waals surface area contributed by atoms with Crippen LogP contribution in [0.3, 0.4) is 0 Å². The van der Waals surface area contributed by atoms with Crippen molar-refractivity contribution in [3.8, 4) is 11.5 Å². The molecule has 1 N–H and O–H groups in total. The molecule has 5 nitrogen and oxygen atoms in total. The fourth-order valence-electron chi connectivity index (χ4n) is 5.60. The van der Waals surface area contributed by atoms with Crippen LogP contribution < -0.4 is 9.47 Å². The van der Waals surface area contributed by atoms with Gasteiger partial charge in [0.1, 0.15) is 6.10 Å². The van der Waals surface area contributed by atoms with Gasteiger partial charge in [-0.2, -0.15) is 0 Å². The summed E-state index contributed by atoms with van der Waals surface area (Å²) in [6.45, 7) is 0.170. The van der Waals surface area contributed by atoms with E-state index in [1.807, 2.05) is 0 Å². The van der Waals surface area contributed by atoms with Gasteiger partial charge in [-0.1, -0.05) is 67.1 Å². The summed E-state index contributed by atoms with van der Waals surface area (Å²) in [7, 11) is 0. The summed E-state index contributed by atoms with van der Waals surface area (Å²) >= 11 is 0. The molecule has 1 aliphatic heterocycles. The number of hydrogen-bond acceptors (Lipinski definition) is 5. The van der Waals surface area contributed by atoms with Crippen molar-refractivity contribution in [1.29, 1.82) is 0 Å². The molecule has 5 heteroatoms. The van der Waals surface area contributed by atoms with E-state index in [1.54, 1.807) is 18.2 Å². The Morgan fingerprint density at radius 1 is 0.886 bits per heavy atom. The summed E-state index contributed by atoms with van der Waals surface area (Å²) in [4.78, 5) is 12.9. The van der Waals surface area contributed by atoms with Crippen molar-refractivity contribution in [2.45, 2.75) is 50.2 Å². The Balaban J connectivity index is 1.25. The lowest BCUT2D eigenvalue weighted by Crippen LogP contribution is -2.29. The molecule has 4 aromatic rings. The smallest absolute Gasteiger partial charge is 0.309 e. The number of carbonyl (C=O) groups excluding carboxylic acids is 1. The Hall–Kier alpha value is -3.57. The molecule has 1 heterocycles. The lowest BCUT2D eigenvalue weighted by molar-refractivity contribution is -0.154. The summed E-state index contributed by atoms with van der Waals surface area (Å²) in [5.74, 6) is 0.990. The largest absolute Gasteiger partial charge is 0.462 e. The number of rotatable bonds is 5. The number of esters is 1. The van der Waals surface area contributed by atoms with Gasteiger partial charge in [0.15, 0.2) is 11.5 Å². The first-order valence-electron chi connectivity index (χ1n) is 12.3. The topological polar surface area (TPSA) is 65.0 Å². The second kappa shape index (κ2) is 9.23. The molecule has 0 spiro atoms. The maximum absolute atomic E-state index is 12.9. The van der Waals surface area contributed by atoms with Crippen molar-refractivity contribution in [2.75, 3.05) is 6.79 Å². The van der Waals surface area contributed by atoms with Gasteiger partial charge >= 0.3 is 5.97 Å². The molecule has 6 rings (SSSR count). The molecule has 0 saturated heterocycles. The van der Waals surface area contributed by atoms with E-state index in [-0.39, 0.29) is 31.2 Å². The summed E-state index contributed by atoms with van der Waals surface area (Å²) in [6, 6.07) is 24.5. The number of hydrogen-bond donors (Lipinski definition) is 1. The highest BCUT2D eigenvalue weighted by molar-refractivity contribution is 6.09. The molecule has 1 unspecified atom stereocenters. The maximum atomic E-state index is 12.9. The minimum absolute atomic E-state index is 0.0959. The quantitative estimate of drug-likeness (QED) is 0.271. The fraction of sp³-hybridized carbons (Fsp3) is 0.300. The van der Waals surface area contributed by atoms with Gasteiger partial charge < -0.3 is 19.3 Å². The van der Waals surface area contributed by atoms with Crippen LogP contribution in [0.15, 0.2) is 72.8 Å². The number of carbonyl (C=O) groups is 1. The molecule has 1 saturated carbocycles. The van der Waals surface area contributed by atoms with E-state index in [0.717, 1.165) is 25.7 Å². The molecule has 0 aromatic heterocycles. The van der Waals surface area contributed by atoms with Crippen LogP contribution in [0.4, 0.5) is 0 Å². The number of aliphatic hydroxyl groups is 1. The Morgan fingerprint density at radius 2 is 1.63 bits per heavy atom. The van der Waals surface area contributed by atoms with Gasteiger partial charge in [0.25, 0.3) is 0 Å². The van der Waals surface area contributed by atoms with E-state index in [4.69, 9.17) is 14.2 Å². The van der Waals surface area contributed by atoms with E-state index in [1.165, 1.54) is 27.1 Å². The van der Waals surface area contributed by atoms with Crippen LogP contribution in [0.1, 0.15) is 55.3 Å². The highest BCUT2D eigenvalue weighted by atomic mass is 16.7. The van der Waals surface area contributed by atoms with E-state index in [2.05, 4.69) is 54.6 Å². The van der Waals surface area contributed by atoms with Gasteiger partial charge in [-0.25, -0.2) is 0 Å². The van der Waals surface area contributed by atoms with Crippen molar-refractivity contribution in [1.82, 2.24) is 0 Å². The first kappa shape index (κ1) is 21.9. The lowest BCUT2D eigenvalue weighted by atomic mass is 9.79. The average Bonchev–Trinajstić information content (AvgIpc) is 3.37. The normalized spacial score (nSPS) is 20.1. The standard InChI is InChI=1S/C30H28O5/c31-26(20-13-14-28-29(16-20)34-18-33-28)17-30(32)35-27-12-6-5-11-24(27)25-15-19-7-1-2-8-21(19)22-9-3-4-10-23(22)25/h1-4,7-10,13-16,24,26-27,31H,5-6,11-12,17-18H2/t24-,26?,27+/m1/s1. The van der Waals surface area contributed by atoms with Crippen LogP contribution in [-0.4, -0.2) is 24.0 Å². The van der Waals surface area contributed by atoms with Gasteiger partial charge in [-0.3, -0.25) is 4.79 Å². The number of aliphatic hydroxyl groups excluding tert-OH is 1. The molecule has 0 amide bonds. The number of fused-ring (bicyclic) bond motifs is 4. The predicted molar refractivity (Wildman–Crippen MR) is 135 cm³/mol. The van der Waals surface area contributed by atoms with Crippen LogP contribution in [0.25, 0.3) is 21.5 Å². The number of ether oxygens (including phenoxy) is 3. The van der Waals surface area contributed by atoms with Crippen molar-refractivity contribution in [2.24, 2.45) is 0 Å². The fourth-order valence-corrected chi connectivity index (χ4v) is 5.60. The molecular weight excluding hydrogens is 440 g/mol. The van der Waals surface area contributed by atoms with E-state index in [9.17, 15) is 9.90 Å². The third-order valence-electron chi connectivity index (χ3n) is 7.33. The second-order valence-electron chi connectivity index (χ2n) is 9.48. The SMILES string of the molecule is O=C(CC(O)c1ccc2c(c1)OCO2)O[C@H]1CCCC[C@@H]1c1cc2ccccc2c2ccccc12. The van der Waals surface area contributed by atoms with Gasteiger partial charge in [-0.15, -0.1) is 0 Å². The van der Waals surface area contributed by atoms with Crippen molar-refractivity contribution in [3.05, 3.63) is 83.9 Å². The van der Waals surface area contributed by atoms with Crippen molar-refractivity contribution in [3.63, 3.8) is 0 Å². The Morgan fingerprint density at radius 3 is 2.51 bits per heavy atom. The zero-order valence-corrected chi connectivity index (χ0v) is 19.5. The van der Waals surface area contributed by atoms with E-state index in [0.29, 0.717) is 17.1 Å². The Bertz CT molecular complexity index is 1390. The summed E-state index contributed by atoms with van der Waals surface area (Å²) in [5, 5.41) is 15.6. The summed E-state index contributed by atoms with van der Waals surface area (Å²) in [6.07, 6.45) is 2.69. The molecule has 178 valence electrons. The van der Waals surface area contributed by atoms with Crippen LogP contribution in [0.5, 0.6) is 11.5 Å². The molecule has 0 bridgehead atoms. The highest BCUT2D eigenvalue weighted by Gasteiger charge is 2.32. The molecule has 0 radical (unpaired) electrons. The first-order chi connectivity index (χ1) is 17.2. The predicted octanol–water partition coefficient (Wildman–Crippen LogP) is 6.41. The molecular formula is C30H28O5. The lowest BCUT2D eigenvalue weighted by Gasteiger charge is -2.33. The Kier molecular flexibility index (Phi) is 5.78. The number of benzene rings is 4. The third-order valence-corrected chi connectivity index (χ3v) is 7.33. The Labute approximate surface area is 204 Å². The second-order valence-corrected chi connectivity index (χ2v) is 9.48. The minimum atomic E-state index is -0.958. The van der Waals surface area contributed by atoms with Crippen molar-refractivity contribution < 1.29 is 24.1 Å². The molecule has 35 heavy (non-hydrogen) atoms. The first-order valence-corrected chi connectivity index (χ1v) is 12.3. The molecule has 1 aliphatic carbocycles. The van der Waals surface area contributed by atoms with Gasteiger partial charge in [-0.05, 0) is 64.1 Å². The molecule has 1 fully saturated rings. The van der Waals surface area contributed by atoms with Gasteiger partial charge in [0.2, 0.25) is 6.79 Å². The summed E-state index contributed by atoms with van der Waals surface area (Å²) < 4.78 is 16.8. The van der Waals surface area contributed by atoms with Crippen molar-refractivity contribution >= 4 is 27.5 Å². The molecule has 3 atom stereocenters. The maximum Gasteiger partial charge on any atom is 0.309 e. The highest BCUT2D eigenvalue weighted by Crippen LogP contribution is 2.41. The third kappa shape index (κ3) is 4.21. The minimum Gasteiger partial charge on any atom is -0.462 e. The van der Waals surface area contributed by atoms with E-state index >= 15 is 0 Å². The van der Waals surface area contributed by atoms with Crippen LogP contribution in [-0.2, 0) is 9.53 Å². The molecule has 2 aliphatic rings. The van der Waals surface area contributed by atoms with Crippen LogP contribution in [0.2, 0.25) is 0 Å². The zero-order valence-electron chi connectivity index (χ0n) is 19.5. The molecule has 4 aromatic carbocycles. The van der Waals surface area contributed by atoms with Gasteiger partial charge in [0, 0.05) is 5.92 Å². The summed E-state index contributed by atoms with van der Waals surface area (Å²) in [5.41, 5.74) is 1.86. The van der Waals surface area contributed by atoms with E-state index < -0.39 is 6.10 Å². The average molecular weight is 469 g/mol. The van der Waals surface area contributed by atoms with Gasteiger partial charge in [0.05, 0.1) is 12.5 Å². The zero-order chi connectivity index (χ0) is 23.8. The van der Waals surface area contributed by atoms with Crippen LogP contribution >= 0.6 is 0 Å². The monoisotopic (exact) mass is 468 g/mol. The van der Waals surface area contributed by atoms with Crippen LogP contribution in [0, 0.1) is 0 Å².